The fourth-order valence-corrected chi connectivity index (χ4v) is 4.38. The minimum Gasteiger partial charge on any atom is -0.496 e. The van der Waals surface area contributed by atoms with E-state index in [1.807, 2.05) is 43.0 Å². The van der Waals surface area contributed by atoms with Gasteiger partial charge in [0.25, 0.3) is 0 Å². The van der Waals surface area contributed by atoms with Gasteiger partial charge in [-0.05, 0) is 25.8 Å². The SMILES string of the molecule is CCC(=O)N1CCC[C@@H](c2nc(C)c3c(n2)N(Cc2ccccc2OC)C(=O)C3)C1. The van der Waals surface area contributed by atoms with Crippen LogP contribution in [0.15, 0.2) is 24.3 Å². The molecule has 0 aliphatic carbocycles. The maximum atomic E-state index is 12.8. The van der Waals surface area contributed by atoms with E-state index in [0.717, 1.165) is 47.8 Å². The van der Waals surface area contributed by atoms with Crippen molar-refractivity contribution in [2.75, 3.05) is 25.1 Å². The number of amides is 2. The van der Waals surface area contributed by atoms with Crippen LogP contribution in [0.3, 0.4) is 0 Å². The largest absolute Gasteiger partial charge is 0.496 e. The first-order valence-electron chi connectivity index (χ1n) is 10.6. The topological polar surface area (TPSA) is 75.6 Å². The molecule has 0 radical (unpaired) electrons. The number of aromatic nitrogens is 2. The molecule has 0 bridgehead atoms. The summed E-state index contributed by atoms with van der Waals surface area (Å²) in [4.78, 5) is 38.3. The van der Waals surface area contributed by atoms with Crippen LogP contribution >= 0.6 is 0 Å². The fraction of sp³-hybridized carbons (Fsp3) is 0.478. The summed E-state index contributed by atoms with van der Waals surface area (Å²) in [6, 6.07) is 7.72. The molecule has 0 unspecified atom stereocenters. The second kappa shape index (κ2) is 8.42. The van der Waals surface area contributed by atoms with Crippen LogP contribution < -0.4 is 9.64 Å². The summed E-state index contributed by atoms with van der Waals surface area (Å²) in [5.41, 5.74) is 2.69. The minimum atomic E-state index is 0.0249. The van der Waals surface area contributed by atoms with Crippen LogP contribution in [0, 0.1) is 6.92 Å². The summed E-state index contributed by atoms with van der Waals surface area (Å²) in [7, 11) is 1.63. The fourth-order valence-electron chi connectivity index (χ4n) is 4.38. The van der Waals surface area contributed by atoms with E-state index in [1.54, 1.807) is 12.0 Å². The number of nitrogens with zero attached hydrogens (tertiary/aromatic N) is 4. The second-order valence-corrected chi connectivity index (χ2v) is 7.97. The molecular weight excluding hydrogens is 380 g/mol. The van der Waals surface area contributed by atoms with Crippen molar-refractivity contribution in [2.24, 2.45) is 0 Å². The Morgan fingerprint density at radius 1 is 1.27 bits per heavy atom. The molecule has 1 aromatic heterocycles. The Morgan fingerprint density at radius 3 is 2.83 bits per heavy atom. The summed E-state index contributed by atoms with van der Waals surface area (Å²) >= 11 is 0. The highest BCUT2D eigenvalue weighted by Gasteiger charge is 2.34. The maximum Gasteiger partial charge on any atom is 0.233 e. The lowest BCUT2D eigenvalue weighted by atomic mass is 9.96. The highest BCUT2D eigenvalue weighted by Crippen LogP contribution is 2.34. The lowest BCUT2D eigenvalue weighted by molar-refractivity contribution is -0.132. The van der Waals surface area contributed by atoms with E-state index in [4.69, 9.17) is 14.7 Å². The molecular formula is C23H28N4O3. The van der Waals surface area contributed by atoms with Gasteiger partial charge < -0.3 is 9.64 Å². The Balaban J connectivity index is 1.64. The van der Waals surface area contributed by atoms with Crippen LogP contribution in [0.5, 0.6) is 5.75 Å². The zero-order valence-corrected chi connectivity index (χ0v) is 17.9. The molecule has 2 aliphatic rings. The molecule has 1 saturated heterocycles. The molecule has 2 aliphatic heterocycles. The van der Waals surface area contributed by atoms with Crippen molar-refractivity contribution in [3.63, 3.8) is 0 Å². The molecule has 2 aromatic rings. The number of benzene rings is 1. The zero-order valence-electron chi connectivity index (χ0n) is 17.9. The second-order valence-electron chi connectivity index (χ2n) is 7.97. The van der Waals surface area contributed by atoms with Crippen molar-refractivity contribution in [1.29, 1.82) is 0 Å². The minimum absolute atomic E-state index is 0.0249. The van der Waals surface area contributed by atoms with E-state index in [2.05, 4.69) is 0 Å². The van der Waals surface area contributed by atoms with Crippen molar-refractivity contribution in [3.05, 3.63) is 46.9 Å². The van der Waals surface area contributed by atoms with Crippen LogP contribution in [0.4, 0.5) is 5.82 Å². The van der Waals surface area contributed by atoms with Crippen molar-refractivity contribution < 1.29 is 14.3 Å². The van der Waals surface area contributed by atoms with Crippen LogP contribution in [-0.2, 0) is 22.6 Å². The van der Waals surface area contributed by atoms with Crippen LogP contribution in [0.2, 0.25) is 0 Å². The Morgan fingerprint density at radius 2 is 2.07 bits per heavy atom. The van der Waals surface area contributed by atoms with Crippen LogP contribution in [0.1, 0.15) is 54.7 Å². The van der Waals surface area contributed by atoms with Gasteiger partial charge in [0.05, 0.1) is 20.1 Å². The molecule has 1 fully saturated rings. The third kappa shape index (κ3) is 3.76. The average Bonchev–Trinajstić information content (AvgIpc) is 3.09. The van der Waals surface area contributed by atoms with Gasteiger partial charge in [-0.3, -0.25) is 14.5 Å². The summed E-state index contributed by atoms with van der Waals surface area (Å²) < 4.78 is 5.46. The summed E-state index contributed by atoms with van der Waals surface area (Å²) in [6.07, 6.45) is 2.73. The first-order valence-corrected chi connectivity index (χ1v) is 10.6. The van der Waals surface area contributed by atoms with Gasteiger partial charge in [0.1, 0.15) is 17.4 Å². The standard InChI is InChI=1S/C23H28N4O3/c1-4-20(28)26-11-7-9-17(13-26)22-24-15(2)18-12-21(29)27(23(18)25-22)14-16-8-5-6-10-19(16)30-3/h5-6,8,10,17H,4,7,9,11-14H2,1-3H3/t17-/m1/s1. The van der Waals surface area contributed by atoms with Crippen LogP contribution in [-0.4, -0.2) is 46.9 Å². The Hall–Kier alpha value is -2.96. The molecule has 0 N–H and O–H groups in total. The number of anilines is 1. The number of ether oxygens (including phenoxy) is 1. The van der Waals surface area contributed by atoms with Gasteiger partial charge in [-0.1, -0.05) is 25.1 Å². The predicted octanol–water partition coefficient (Wildman–Crippen LogP) is 3.00. The number of aryl methyl sites for hydroxylation is 1. The van der Waals surface area contributed by atoms with E-state index in [1.165, 1.54) is 0 Å². The number of carbonyl (C=O) groups excluding carboxylic acids is 2. The first kappa shape index (κ1) is 20.3. The molecule has 7 nitrogen and oxygen atoms in total. The summed E-state index contributed by atoms with van der Waals surface area (Å²) in [5, 5.41) is 0. The number of piperidine rings is 1. The maximum absolute atomic E-state index is 12.8. The van der Waals surface area contributed by atoms with E-state index in [9.17, 15) is 9.59 Å². The molecule has 1 aromatic carbocycles. The van der Waals surface area contributed by atoms with E-state index in [-0.39, 0.29) is 17.7 Å². The van der Waals surface area contributed by atoms with Gasteiger partial charge in [-0.15, -0.1) is 0 Å². The van der Waals surface area contributed by atoms with Gasteiger partial charge in [0, 0.05) is 42.2 Å². The quantitative estimate of drug-likeness (QED) is 0.760. The van der Waals surface area contributed by atoms with Crippen molar-refractivity contribution in [1.82, 2.24) is 14.9 Å². The average molecular weight is 409 g/mol. The third-order valence-corrected chi connectivity index (χ3v) is 6.06. The Kier molecular flexibility index (Phi) is 5.70. The number of fused-ring (bicyclic) bond motifs is 1. The zero-order chi connectivity index (χ0) is 21.3. The van der Waals surface area contributed by atoms with E-state index < -0.39 is 0 Å². The van der Waals surface area contributed by atoms with E-state index in [0.29, 0.717) is 31.7 Å². The normalized spacial score (nSPS) is 18.5. The molecule has 7 heteroatoms. The van der Waals surface area contributed by atoms with Crippen molar-refractivity contribution in [3.8, 4) is 5.75 Å². The Labute approximate surface area is 177 Å². The van der Waals surface area contributed by atoms with E-state index >= 15 is 0 Å². The van der Waals surface area contributed by atoms with Gasteiger partial charge in [0.15, 0.2) is 0 Å². The monoisotopic (exact) mass is 408 g/mol. The Bertz CT molecular complexity index is 975. The number of carbonyl (C=O) groups is 2. The first-order chi connectivity index (χ1) is 14.5. The molecule has 0 spiro atoms. The number of methoxy groups -OCH3 is 1. The molecule has 0 saturated carbocycles. The van der Waals surface area contributed by atoms with Gasteiger partial charge >= 0.3 is 0 Å². The number of likely N-dealkylation sites (tertiary alicyclic amines) is 1. The molecule has 3 heterocycles. The van der Waals surface area contributed by atoms with Gasteiger partial charge in [0.2, 0.25) is 11.8 Å². The lowest BCUT2D eigenvalue weighted by Crippen LogP contribution is -2.39. The summed E-state index contributed by atoms with van der Waals surface area (Å²) in [5.74, 6) is 2.49. The third-order valence-electron chi connectivity index (χ3n) is 6.06. The number of para-hydroxylation sites is 1. The number of hydrogen-bond donors (Lipinski definition) is 0. The molecule has 1 atom stereocenters. The molecule has 30 heavy (non-hydrogen) atoms. The van der Waals surface area contributed by atoms with Crippen molar-refractivity contribution >= 4 is 17.6 Å². The number of rotatable bonds is 5. The highest BCUT2D eigenvalue weighted by molar-refractivity contribution is 6.00. The molecule has 2 amide bonds. The smallest absolute Gasteiger partial charge is 0.233 e. The van der Waals surface area contributed by atoms with Gasteiger partial charge in [-0.2, -0.15) is 0 Å². The lowest BCUT2D eigenvalue weighted by Gasteiger charge is -2.32. The predicted molar refractivity (Wildman–Crippen MR) is 114 cm³/mol. The van der Waals surface area contributed by atoms with Gasteiger partial charge in [-0.25, -0.2) is 9.97 Å². The number of hydrogen-bond acceptors (Lipinski definition) is 5. The summed E-state index contributed by atoms with van der Waals surface area (Å²) in [6.45, 7) is 5.69. The van der Waals surface area contributed by atoms with Crippen LogP contribution in [0.25, 0.3) is 0 Å². The molecule has 158 valence electrons. The highest BCUT2D eigenvalue weighted by atomic mass is 16.5. The van der Waals surface area contributed by atoms with Crippen molar-refractivity contribution in [2.45, 2.75) is 52.0 Å². The molecule has 4 rings (SSSR count).